The molecule has 1 saturated heterocycles. The highest BCUT2D eigenvalue weighted by atomic mass is 19.3. The number of hydrogen-bond donors (Lipinski definition) is 3. The summed E-state index contributed by atoms with van der Waals surface area (Å²) in [5, 5.41) is 13.7. The second-order valence-electron chi connectivity index (χ2n) is 9.28. The Morgan fingerprint density at radius 1 is 1.31 bits per heavy atom. The van der Waals surface area contributed by atoms with Gasteiger partial charge in [0, 0.05) is 23.4 Å². The third kappa shape index (κ3) is 5.30. The SMILES string of the molecule is CC(C)Oc1cc2c(OC[C@@H]3CC(F)(F)C(=O)N3)ncc(C#CC3(O)CCCC3)c2cc1C(N)=O. The Morgan fingerprint density at radius 2 is 2.03 bits per heavy atom. The minimum Gasteiger partial charge on any atom is -0.490 e. The van der Waals surface area contributed by atoms with Crippen molar-refractivity contribution in [2.24, 2.45) is 5.73 Å². The summed E-state index contributed by atoms with van der Waals surface area (Å²) >= 11 is 0. The van der Waals surface area contributed by atoms with Crippen molar-refractivity contribution in [1.82, 2.24) is 10.3 Å². The number of nitrogens with zero attached hydrogens (tertiary/aromatic N) is 1. The lowest BCUT2D eigenvalue weighted by Gasteiger charge is -2.17. The first-order chi connectivity index (χ1) is 16.5. The molecule has 1 aromatic heterocycles. The number of carbonyl (C=O) groups is 2. The minimum atomic E-state index is -3.45. The number of primary amides is 1. The summed E-state index contributed by atoms with van der Waals surface area (Å²) in [6, 6.07) is 2.19. The van der Waals surface area contributed by atoms with Crippen LogP contribution in [0, 0.1) is 11.8 Å². The standard InChI is InChI=1S/C25H27F2N3O5/c1-14(2)35-20-10-18-17(9-19(20)21(28)31)15(5-8-24(33)6-3-4-7-24)12-29-22(18)34-13-16-11-25(26,27)23(32)30-16/h9-10,12,14,16,33H,3-4,6-7,11,13H2,1-2H3,(H2,28,31)(H,30,32)/t16-/m0/s1. The number of nitrogens with two attached hydrogens (primary N) is 1. The largest absolute Gasteiger partial charge is 0.490 e. The molecule has 2 aliphatic rings. The van der Waals surface area contributed by atoms with Gasteiger partial charge in [0.15, 0.2) is 0 Å². The van der Waals surface area contributed by atoms with E-state index in [-0.39, 0.29) is 29.9 Å². The Bertz CT molecular complexity index is 1230. The number of nitrogens with one attached hydrogen (secondary N) is 1. The number of amides is 2. The molecule has 2 heterocycles. The molecule has 0 unspecified atom stereocenters. The molecule has 35 heavy (non-hydrogen) atoms. The zero-order chi connectivity index (χ0) is 25.4. The maximum Gasteiger partial charge on any atom is 0.326 e. The second kappa shape index (κ2) is 9.30. The van der Waals surface area contributed by atoms with Crippen LogP contribution in [0.3, 0.4) is 0 Å². The molecule has 4 N–H and O–H groups in total. The van der Waals surface area contributed by atoms with Crippen LogP contribution >= 0.6 is 0 Å². The minimum absolute atomic E-state index is 0.0965. The van der Waals surface area contributed by atoms with Crippen LogP contribution in [0.1, 0.15) is 61.9 Å². The van der Waals surface area contributed by atoms with Gasteiger partial charge in [0.1, 0.15) is 18.0 Å². The average molecular weight is 488 g/mol. The summed E-state index contributed by atoms with van der Waals surface area (Å²) in [5.74, 6) is 0.716. The number of hydrogen-bond acceptors (Lipinski definition) is 6. The molecular formula is C25H27F2N3O5. The van der Waals surface area contributed by atoms with Crippen molar-refractivity contribution in [3.05, 3.63) is 29.5 Å². The first-order valence-electron chi connectivity index (χ1n) is 11.5. The molecule has 0 spiro atoms. The van der Waals surface area contributed by atoms with Crippen molar-refractivity contribution < 1.29 is 33.0 Å². The number of benzene rings is 1. The van der Waals surface area contributed by atoms with Crippen LogP contribution in [0.15, 0.2) is 18.3 Å². The topological polar surface area (TPSA) is 124 Å². The molecule has 2 aromatic rings. The summed E-state index contributed by atoms with van der Waals surface area (Å²) in [6.07, 6.45) is 3.40. The lowest BCUT2D eigenvalue weighted by molar-refractivity contribution is -0.139. The van der Waals surface area contributed by atoms with Gasteiger partial charge < -0.3 is 25.6 Å². The van der Waals surface area contributed by atoms with E-state index in [4.69, 9.17) is 15.2 Å². The predicted molar refractivity (Wildman–Crippen MR) is 123 cm³/mol. The Morgan fingerprint density at radius 3 is 2.63 bits per heavy atom. The van der Waals surface area contributed by atoms with Gasteiger partial charge in [-0.15, -0.1) is 0 Å². The van der Waals surface area contributed by atoms with Crippen molar-refractivity contribution in [1.29, 1.82) is 0 Å². The van der Waals surface area contributed by atoms with Crippen LogP contribution in [0.25, 0.3) is 10.8 Å². The summed E-state index contributed by atoms with van der Waals surface area (Å²) < 4.78 is 38.7. The zero-order valence-corrected chi connectivity index (χ0v) is 19.5. The van der Waals surface area contributed by atoms with Crippen LogP contribution < -0.4 is 20.5 Å². The van der Waals surface area contributed by atoms with Crippen LogP contribution in [-0.2, 0) is 4.79 Å². The number of alkyl halides is 2. The number of aromatic nitrogens is 1. The predicted octanol–water partition coefficient (Wildman–Crippen LogP) is 2.68. The van der Waals surface area contributed by atoms with Crippen molar-refractivity contribution in [2.45, 2.75) is 69.6 Å². The third-order valence-electron chi connectivity index (χ3n) is 6.03. The summed E-state index contributed by atoms with van der Waals surface area (Å²) in [5.41, 5.74) is 5.08. The fourth-order valence-corrected chi connectivity index (χ4v) is 4.29. The Balaban J connectivity index is 1.76. The number of rotatable bonds is 6. The molecule has 186 valence electrons. The lowest BCUT2D eigenvalue weighted by atomic mass is 10.00. The van der Waals surface area contributed by atoms with Gasteiger partial charge in [-0.05, 0) is 51.7 Å². The number of aliphatic hydroxyl groups is 1. The molecule has 4 rings (SSSR count). The van der Waals surface area contributed by atoms with Crippen molar-refractivity contribution in [3.63, 3.8) is 0 Å². The normalized spacial score (nSPS) is 20.4. The van der Waals surface area contributed by atoms with E-state index in [0.717, 1.165) is 12.8 Å². The maximum atomic E-state index is 13.6. The first kappa shape index (κ1) is 24.7. The van der Waals surface area contributed by atoms with Crippen molar-refractivity contribution >= 4 is 22.6 Å². The van der Waals surface area contributed by atoms with Gasteiger partial charge in [-0.3, -0.25) is 9.59 Å². The quantitative estimate of drug-likeness (QED) is 0.539. The van der Waals surface area contributed by atoms with E-state index in [1.54, 1.807) is 19.9 Å². The average Bonchev–Trinajstić information content (AvgIpc) is 3.32. The highest BCUT2D eigenvalue weighted by Gasteiger charge is 2.48. The molecule has 0 radical (unpaired) electrons. The van der Waals surface area contributed by atoms with Crippen LogP contribution in [0.2, 0.25) is 0 Å². The monoisotopic (exact) mass is 487 g/mol. The number of ether oxygens (including phenoxy) is 2. The molecule has 1 saturated carbocycles. The highest BCUT2D eigenvalue weighted by molar-refractivity contribution is 6.03. The smallest absolute Gasteiger partial charge is 0.326 e. The zero-order valence-electron chi connectivity index (χ0n) is 19.5. The second-order valence-corrected chi connectivity index (χ2v) is 9.28. The van der Waals surface area contributed by atoms with Crippen molar-refractivity contribution in [2.75, 3.05) is 6.61 Å². The molecule has 1 aliphatic heterocycles. The fraction of sp³-hybridized carbons (Fsp3) is 0.480. The fourth-order valence-electron chi connectivity index (χ4n) is 4.29. The Kier molecular flexibility index (Phi) is 6.56. The van der Waals surface area contributed by atoms with Crippen molar-refractivity contribution in [3.8, 4) is 23.5 Å². The van der Waals surface area contributed by atoms with E-state index in [0.29, 0.717) is 29.2 Å². The summed E-state index contributed by atoms with van der Waals surface area (Å²) in [7, 11) is 0. The van der Waals surface area contributed by atoms with Crippen LogP contribution in [-0.4, -0.2) is 52.2 Å². The molecule has 2 amide bonds. The molecule has 1 aromatic carbocycles. The van der Waals surface area contributed by atoms with E-state index in [1.165, 1.54) is 12.3 Å². The lowest BCUT2D eigenvalue weighted by Crippen LogP contribution is -2.33. The Hall–Kier alpha value is -3.45. The van der Waals surface area contributed by atoms with Crippen LogP contribution in [0.4, 0.5) is 8.78 Å². The van der Waals surface area contributed by atoms with Gasteiger partial charge >= 0.3 is 5.92 Å². The molecule has 2 fully saturated rings. The molecule has 10 heteroatoms. The van der Waals surface area contributed by atoms with E-state index in [9.17, 15) is 23.5 Å². The van der Waals surface area contributed by atoms with E-state index in [2.05, 4.69) is 22.1 Å². The number of halogens is 2. The van der Waals surface area contributed by atoms with Gasteiger partial charge in [-0.25, -0.2) is 4.98 Å². The summed E-state index contributed by atoms with van der Waals surface area (Å²) in [6.45, 7) is 3.35. The van der Waals surface area contributed by atoms with Gasteiger partial charge in [-0.2, -0.15) is 8.78 Å². The first-order valence-corrected chi connectivity index (χ1v) is 11.5. The molecule has 8 nitrogen and oxygen atoms in total. The number of fused-ring (bicyclic) bond motifs is 1. The summed E-state index contributed by atoms with van der Waals surface area (Å²) in [4.78, 5) is 27.9. The van der Waals surface area contributed by atoms with Crippen LogP contribution in [0.5, 0.6) is 11.6 Å². The van der Waals surface area contributed by atoms with E-state index >= 15 is 0 Å². The van der Waals surface area contributed by atoms with Gasteiger partial charge in [-0.1, -0.05) is 11.8 Å². The molecule has 1 aliphatic carbocycles. The molecule has 0 bridgehead atoms. The van der Waals surface area contributed by atoms with E-state index in [1.807, 2.05) is 0 Å². The van der Waals surface area contributed by atoms with E-state index < -0.39 is 35.8 Å². The maximum absolute atomic E-state index is 13.6. The van der Waals surface area contributed by atoms with Gasteiger partial charge in [0.25, 0.3) is 11.8 Å². The van der Waals surface area contributed by atoms with Gasteiger partial charge in [0.05, 0.1) is 23.3 Å². The highest BCUT2D eigenvalue weighted by Crippen LogP contribution is 2.35. The number of pyridine rings is 1. The number of carbonyl (C=O) groups excluding carboxylic acids is 2. The molecular weight excluding hydrogens is 460 g/mol. The Labute approximate surface area is 201 Å². The molecule has 1 atom stereocenters. The van der Waals surface area contributed by atoms with Gasteiger partial charge in [0.2, 0.25) is 5.88 Å². The third-order valence-corrected chi connectivity index (χ3v) is 6.03.